The monoisotopic (exact) mass is 283 g/mol. The highest BCUT2D eigenvalue weighted by molar-refractivity contribution is 6.20. The zero-order chi connectivity index (χ0) is 14.0. The predicted octanol–water partition coefficient (Wildman–Crippen LogP) is 4.43. The third kappa shape index (κ3) is 3.27. The van der Waals surface area contributed by atoms with Gasteiger partial charge in [0.25, 0.3) is 0 Å². The van der Waals surface area contributed by atoms with E-state index in [-0.39, 0.29) is 17.1 Å². The lowest BCUT2D eigenvalue weighted by molar-refractivity contribution is -0.116. The molecule has 0 saturated carbocycles. The van der Waals surface area contributed by atoms with Gasteiger partial charge in [0.15, 0.2) is 0 Å². The molecule has 1 N–H and O–H groups in total. The number of rotatable bonds is 4. The molecule has 2 atom stereocenters. The van der Waals surface area contributed by atoms with Gasteiger partial charge in [-0.1, -0.05) is 20.3 Å². The van der Waals surface area contributed by atoms with Crippen LogP contribution in [-0.2, 0) is 11.2 Å². The topological polar surface area (TPSA) is 29.1 Å². The van der Waals surface area contributed by atoms with E-state index in [9.17, 15) is 9.18 Å². The second-order valence-corrected chi connectivity index (χ2v) is 5.82. The quantitative estimate of drug-likeness (QED) is 0.814. The number of nitrogens with one attached hydrogen (secondary N) is 1. The van der Waals surface area contributed by atoms with Gasteiger partial charge in [-0.2, -0.15) is 0 Å². The van der Waals surface area contributed by atoms with Crippen LogP contribution in [0.15, 0.2) is 12.1 Å². The van der Waals surface area contributed by atoms with Gasteiger partial charge in [0.1, 0.15) is 5.82 Å². The predicted molar refractivity (Wildman–Crippen MR) is 76.0 cm³/mol. The van der Waals surface area contributed by atoms with Gasteiger partial charge in [0, 0.05) is 17.7 Å². The Labute approximate surface area is 118 Å². The van der Waals surface area contributed by atoms with Crippen LogP contribution in [0.3, 0.4) is 0 Å². The molecule has 0 radical (unpaired) electrons. The fourth-order valence-corrected chi connectivity index (χ4v) is 2.78. The number of carbonyl (C=O) groups excluding carboxylic acids is 1. The van der Waals surface area contributed by atoms with Crippen LogP contribution in [0.5, 0.6) is 0 Å². The Morgan fingerprint density at radius 2 is 2.16 bits per heavy atom. The standard InChI is InChI=1S/C15H19ClFNO/c1-3-9(2)6-12(16)11-7-10-4-5-15(19)18-14(10)8-13(11)17/h7-9,12H,3-6H2,1-2H3,(H,18,19). The van der Waals surface area contributed by atoms with Crippen molar-refractivity contribution in [3.8, 4) is 0 Å². The van der Waals surface area contributed by atoms with Gasteiger partial charge >= 0.3 is 0 Å². The average molecular weight is 284 g/mol. The molecule has 19 heavy (non-hydrogen) atoms. The van der Waals surface area contributed by atoms with Crippen molar-refractivity contribution in [2.24, 2.45) is 5.92 Å². The second kappa shape index (κ2) is 5.91. The van der Waals surface area contributed by atoms with E-state index in [1.807, 2.05) is 6.07 Å². The van der Waals surface area contributed by atoms with E-state index >= 15 is 0 Å². The smallest absolute Gasteiger partial charge is 0.224 e. The maximum absolute atomic E-state index is 14.1. The Balaban J connectivity index is 2.24. The lowest BCUT2D eigenvalue weighted by Crippen LogP contribution is -2.19. The molecule has 0 aromatic heterocycles. The van der Waals surface area contributed by atoms with Crippen LogP contribution in [-0.4, -0.2) is 5.91 Å². The van der Waals surface area contributed by atoms with Crippen molar-refractivity contribution >= 4 is 23.2 Å². The van der Waals surface area contributed by atoms with E-state index in [1.54, 1.807) is 0 Å². The normalized spacial score (nSPS) is 17.6. The molecular weight excluding hydrogens is 265 g/mol. The summed E-state index contributed by atoms with van der Waals surface area (Å²) < 4.78 is 14.1. The minimum atomic E-state index is -0.329. The molecule has 2 unspecified atom stereocenters. The Hall–Kier alpha value is -1.09. The van der Waals surface area contributed by atoms with Crippen molar-refractivity contribution in [2.45, 2.75) is 44.9 Å². The van der Waals surface area contributed by atoms with E-state index in [4.69, 9.17) is 11.6 Å². The van der Waals surface area contributed by atoms with Crippen LogP contribution in [0.1, 0.15) is 49.6 Å². The summed E-state index contributed by atoms with van der Waals surface area (Å²) in [6.07, 6.45) is 2.91. The minimum absolute atomic E-state index is 0.0540. The number of hydrogen-bond acceptors (Lipinski definition) is 1. The lowest BCUT2D eigenvalue weighted by atomic mass is 9.94. The van der Waals surface area contributed by atoms with Crippen LogP contribution < -0.4 is 5.32 Å². The highest BCUT2D eigenvalue weighted by Crippen LogP contribution is 2.35. The summed E-state index contributed by atoms with van der Waals surface area (Å²) in [5.74, 6) is 0.0866. The molecule has 104 valence electrons. The number of benzene rings is 1. The maximum Gasteiger partial charge on any atom is 0.224 e. The van der Waals surface area contributed by atoms with E-state index in [2.05, 4.69) is 19.2 Å². The molecule has 1 aliphatic heterocycles. The van der Waals surface area contributed by atoms with Crippen LogP contribution in [0.25, 0.3) is 0 Å². The largest absolute Gasteiger partial charge is 0.326 e. The molecule has 0 saturated heterocycles. The summed E-state index contributed by atoms with van der Waals surface area (Å²) >= 11 is 6.33. The van der Waals surface area contributed by atoms with Crippen LogP contribution in [0.2, 0.25) is 0 Å². The fourth-order valence-electron chi connectivity index (χ4n) is 2.31. The number of alkyl halides is 1. The fraction of sp³-hybridized carbons (Fsp3) is 0.533. The van der Waals surface area contributed by atoms with Gasteiger partial charge in [-0.05, 0) is 36.5 Å². The summed E-state index contributed by atoms with van der Waals surface area (Å²) in [4.78, 5) is 11.3. The number of carbonyl (C=O) groups is 1. The van der Waals surface area contributed by atoms with Crippen LogP contribution >= 0.6 is 11.6 Å². The number of aryl methyl sites for hydroxylation is 1. The summed E-state index contributed by atoms with van der Waals surface area (Å²) in [7, 11) is 0. The number of fused-ring (bicyclic) bond motifs is 1. The Bertz CT molecular complexity index is 489. The number of hydrogen-bond donors (Lipinski definition) is 1. The van der Waals surface area contributed by atoms with Crippen molar-refractivity contribution in [2.75, 3.05) is 5.32 Å². The molecule has 1 aliphatic rings. The van der Waals surface area contributed by atoms with Crippen molar-refractivity contribution in [1.29, 1.82) is 0 Å². The lowest BCUT2D eigenvalue weighted by Gasteiger charge is -2.21. The summed E-state index contributed by atoms with van der Waals surface area (Å²) in [5, 5.41) is 2.39. The molecule has 1 aromatic carbocycles. The molecule has 0 aliphatic carbocycles. The number of halogens is 2. The second-order valence-electron chi connectivity index (χ2n) is 5.30. The maximum atomic E-state index is 14.1. The molecule has 2 rings (SSSR count). The molecular formula is C15H19ClFNO. The first-order chi connectivity index (χ1) is 9.01. The Morgan fingerprint density at radius 1 is 1.42 bits per heavy atom. The summed E-state index contributed by atoms with van der Waals surface area (Å²) in [6.45, 7) is 4.22. The minimum Gasteiger partial charge on any atom is -0.326 e. The molecule has 2 nitrogen and oxygen atoms in total. The molecule has 0 spiro atoms. The summed E-state index contributed by atoms with van der Waals surface area (Å²) in [5.41, 5.74) is 2.12. The van der Waals surface area contributed by atoms with Crippen LogP contribution in [0, 0.1) is 11.7 Å². The summed E-state index contributed by atoms with van der Waals surface area (Å²) in [6, 6.07) is 3.21. The van der Waals surface area contributed by atoms with Crippen molar-refractivity contribution in [1.82, 2.24) is 0 Å². The third-order valence-electron chi connectivity index (χ3n) is 3.76. The Morgan fingerprint density at radius 3 is 2.84 bits per heavy atom. The van der Waals surface area contributed by atoms with Crippen molar-refractivity contribution in [3.63, 3.8) is 0 Å². The Kier molecular flexibility index (Phi) is 4.46. The molecule has 1 aromatic rings. The molecule has 4 heteroatoms. The SMILES string of the molecule is CCC(C)CC(Cl)c1cc2c(cc1F)NC(=O)CC2. The molecule has 0 fully saturated rings. The first-order valence-electron chi connectivity index (χ1n) is 6.77. The first-order valence-corrected chi connectivity index (χ1v) is 7.21. The zero-order valence-electron chi connectivity index (χ0n) is 11.3. The highest BCUT2D eigenvalue weighted by Gasteiger charge is 2.21. The first kappa shape index (κ1) is 14.3. The van der Waals surface area contributed by atoms with E-state index in [0.717, 1.165) is 18.4 Å². The number of anilines is 1. The van der Waals surface area contributed by atoms with Crippen molar-refractivity contribution < 1.29 is 9.18 Å². The molecule has 1 heterocycles. The van der Waals surface area contributed by atoms with Gasteiger partial charge < -0.3 is 5.32 Å². The van der Waals surface area contributed by atoms with Gasteiger partial charge in [0.05, 0.1) is 5.38 Å². The zero-order valence-corrected chi connectivity index (χ0v) is 12.1. The average Bonchev–Trinajstić information content (AvgIpc) is 2.37. The van der Waals surface area contributed by atoms with Gasteiger partial charge in [-0.3, -0.25) is 4.79 Å². The van der Waals surface area contributed by atoms with Gasteiger partial charge in [-0.25, -0.2) is 4.39 Å². The number of amides is 1. The highest BCUT2D eigenvalue weighted by atomic mass is 35.5. The van der Waals surface area contributed by atoms with E-state index in [1.165, 1.54) is 6.07 Å². The molecule has 0 bridgehead atoms. The van der Waals surface area contributed by atoms with Gasteiger partial charge in [-0.15, -0.1) is 11.6 Å². The van der Waals surface area contributed by atoms with E-state index < -0.39 is 0 Å². The van der Waals surface area contributed by atoms with Gasteiger partial charge in [0.2, 0.25) is 5.91 Å². The third-order valence-corrected chi connectivity index (χ3v) is 4.17. The van der Waals surface area contributed by atoms with Crippen molar-refractivity contribution in [3.05, 3.63) is 29.1 Å². The molecule has 1 amide bonds. The van der Waals surface area contributed by atoms with E-state index in [0.29, 0.717) is 30.0 Å². The van der Waals surface area contributed by atoms with Crippen LogP contribution in [0.4, 0.5) is 10.1 Å².